The topological polar surface area (TPSA) is 47.6 Å². The van der Waals surface area contributed by atoms with Crippen LogP contribution in [0.4, 0.5) is 17.1 Å². The van der Waals surface area contributed by atoms with Gasteiger partial charge in [-0.1, -0.05) is 13.8 Å². The Hall–Kier alpha value is -2.53. The minimum atomic E-state index is -0.00969. The van der Waals surface area contributed by atoms with Gasteiger partial charge in [0, 0.05) is 43.3 Å². The first-order valence-electron chi connectivity index (χ1n) is 10.1. The predicted octanol–water partition coefficient (Wildman–Crippen LogP) is 4.27. The highest BCUT2D eigenvalue weighted by Gasteiger charge is 2.08. The van der Waals surface area contributed by atoms with Gasteiger partial charge in [-0.3, -0.25) is 4.79 Å². The SMILES string of the molecule is CCN(CC)CCCNC(=O)c1ccc(Nc2ccc(N(C)C)cc2)c(C)c1. The second kappa shape index (κ2) is 10.7. The van der Waals surface area contributed by atoms with Crippen LogP contribution in [0.15, 0.2) is 42.5 Å². The Morgan fingerprint density at radius 1 is 1.00 bits per heavy atom. The van der Waals surface area contributed by atoms with Crippen molar-refractivity contribution in [3.8, 4) is 0 Å². The van der Waals surface area contributed by atoms with Gasteiger partial charge in [0.05, 0.1) is 0 Å². The summed E-state index contributed by atoms with van der Waals surface area (Å²) in [5.74, 6) is -0.00969. The van der Waals surface area contributed by atoms with Gasteiger partial charge in [-0.05, 0) is 81.0 Å². The quantitative estimate of drug-likeness (QED) is 0.603. The van der Waals surface area contributed by atoms with Gasteiger partial charge in [0.25, 0.3) is 5.91 Å². The molecule has 0 bridgehead atoms. The molecule has 2 aromatic carbocycles. The van der Waals surface area contributed by atoms with Crippen molar-refractivity contribution < 1.29 is 4.79 Å². The van der Waals surface area contributed by atoms with E-state index < -0.39 is 0 Å². The van der Waals surface area contributed by atoms with E-state index in [9.17, 15) is 4.79 Å². The summed E-state index contributed by atoms with van der Waals surface area (Å²) in [6, 6.07) is 14.1. The van der Waals surface area contributed by atoms with Crippen LogP contribution >= 0.6 is 0 Å². The second-order valence-electron chi connectivity index (χ2n) is 7.23. The number of hydrogen-bond donors (Lipinski definition) is 2. The minimum Gasteiger partial charge on any atom is -0.378 e. The van der Waals surface area contributed by atoms with Gasteiger partial charge in [0.1, 0.15) is 0 Å². The van der Waals surface area contributed by atoms with Crippen LogP contribution in [-0.2, 0) is 0 Å². The molecule has 0 aromatic heterocycles. The maximum absolute atomic E-state index is 12.4. The van der Waals surface area contributed by atoms with Crippen molar-refractivity contribution in [2.45, 2.75) is 27.2 Å². The van der Waals surface area contributed by atoms with Crippen molar-refractivity contribution >= 4 is 23.0 Å². The Bertz CT molecular complexity index is 752. The molecule has 2 rings (SSSR count). The molecule has 0 saturated carbocycles. The molecule has 0 radical (unpaired) electrons. The van der Waals surface area contributed by atoms with Crippen molar-refractivity contribution in [2.75, 3.05) is 50.5 Å². The summed E-state index contributed by atoms with van der Waals surface area (Å²) in [5.41, 5.74) is 4.95. The fourth-order valence-electron chi connectivity index (χ4n) is 3.09. The maximum atomic E-state index is 12.4. The second-order valence-corrected chi connectivity index (χ2v) is 7.23. The largest absolute Gasteiger partial charge is 0.378 e. The van der Waals surface area contributed by atoms with E-state index in [0.29, 0.717) is 12.1 Å². The zero-order valence-electron chi connectivity index (χ0n) is 17.9. The first kappa shape index (κ1) is 21.8. The Labute approximate surface area is 169 Å². The number of hydrogen-bond acceptors (Lipinski definition) is 4. The number of nitrogens with zero attached hydrogens (tertiary/aromatic N) is 2. The van der Waals surface area contributed by atoms with E-state index in [2.05, 4.69) is 58.5 Å². The molecule has 0 atom stereocenters. The highest BCUT2D eigenvalue weighted by Crippen LogP contribution is 2.23. The zero-order chi connectivity index (χ0) is 20.5. The van der Waals surface area contributed by atoms with Gasteiger partial charge < -0.3 is 20.4 Å². The van der Waals surface area contributed by atoms with Crippen LogP contribution in [0.3, 0.4) is 0 Å². The first-order chi connectivity index (χ1) is 13.4. The number of benzene rings is 2. The lowest BCUT2D eigenvalue weighted by atomic mass is 10.1. The van der Waals surface area contributed by atoms with Crippen LogP contribution in [-0.4, -0.2) is 51.1 Å². The lowest BCUT2D eigenvalue weighted by Gasteiger charge is -2.17. The number of nitrogens with one attached hydrogen (secondary N) is 2. The molecule has 2 aromatic rings. The van der Waals surface area contributed by atoms with Gasteiger partial charge in [-0.15, -0.1) is 0 Å². The van der Waals surface area contributed by atoms with Crippen LogP contribution in [0.1, 0.15) is 36.2 Å². The van der Waals surface area contributed by atoms with Gasteiger partial charge in [-0.2, -0.15) is 0 Å². The van der Waals surface area contributed by atoms with Crippen molar-refractivity contribution in [3.05, 3.63) is 53.6 Å². The minimum absolute atomic E-state index is 0.00969. The van der Waals surface area contributed by atoms with Gasteiger partial charge in [-0.25, -0.2) is 0 Å². The van der Waals surface area contributed by atoms with Crippen molar-refractivity contribution in [2.24, 2.45) is 0 Å². The van der Waals surface area contributed by atoms with E-state index in [1.54, 1.807) is 0 Å². The summed E-state index contributed by atoms with van der Waals surface area (Å²) in [6.45, 7) is 10.2. The molecular formula is C23H34N4O. The molecule has 2 N–H and O–H groups in total. The van der Waals surface area contributed by atoms with Crippen molar-refractivity contribution in [3.63, 3.8) is 0 Å². The number of carbonyl (C=O) groups is 1. The zero-order valence-corrected chi connectivity index (χ0v) is 17.9. The lowest BCUT2D eigenvalue weighted by Crippen LogP contribution is -2.29. The Kier molecular flexibility index (Phi) is 8.33. The van der Waals surface area contributed by atoms with E-state index in [4.69, 9.17) is 0 Å². The molecule has 5 nitrogen and oxygen atoms in total. The summed E-state index contributed by atoms with van der Waals surface area (Å²) >= 11 is 0. The van der Waals surface area contributed by atoms with Crippen LogP contribution < -0.4 is 15.5 Å². The number of amides is 1. The summed E-state index contributed by atoms with van der Waals surface area (Å²) in [4.78, 5) is 16.8. The number of rotatable bonds is 10. The third-order valence-corrected chi connectivity index (χ3v) is 4.98. The molecule has 0 saturated heterocycles. The van der Waals surface area contributed by atoms with Crippen molar-refractivity contribution in [1.29, 1.82) is 0 Å². The fourth-order valence-corrected chi connectivity index (χ4v) is 3.09. The molecule has 1 amide bonds. The highest BCUT2D eigenvalue weighted by molar-refractivity contribution is 5.95. The molecule has 152 valence electrons. The molecule has 5 heteroatoms. The fraction of sp³-hybridized carbons (Fsp3) is 0.435. The maximum Gasteiger partial charge on any atom is 0.251 e. The molecule has 0 aliphatic carbocycles. The van der Waals surface area contributed by atoms with Gasteiger partial charge in [0.15, 0.2) is 0 Å². The molecule has 28 heavy (non-hydrogen) atoms. The average molecular weight is 383 g/mol. The van der Waals surface area contributed by atoms with E-state index in [0.717, 1.165) is 48.7 Å². The Morgan fingerprint density at radius 3 is 2.25 bits per heavy atom. The van der Waals surface area contributed by atoms with Crippen LogP contribution in [0, 0.1) is 6.92 Å². The van der Waals surface area contributed by atoms with Gasteiger partial charge in [0.2, 0.25) is 0 Å². The molecular weight excluding hydrogens is 348 g/mol. The predicted molar refractivity (Wildman–Crippen MR) is 120 cm³/mol. The van der Waals surface area contributed by atoms with Crippen LogP contribution in [0.25, 0.3) is 0 Å². The normalized spacial score (nSPS) is 10.8. The number of aryl methyl sites for hydroxylation is 1. The van der Waals surface area contributed by atoms with E-state index in [1.807, 2.05) is 39.2 Å². The molecule has 0 heterocycles. The lowest BCUT2D eigenvalue weighted by molar-refractivity contribution is 0.0952. The van der Waals surface area contributed by atoms with E-state index in [-0.39, 0.29) is 5.91 Å². The Balaban J connectivity index is 1.91. The third kappa shape index (κ3) is 6.27. The van der Waals surface area contributed by atoms with E-state index >= 15 is 0 Å². The van der Waals surface area contributed by atoms with Crippen molar-refractivity contribution in [1.82, 2.24) is 10.2 Å². The molecule has 0 aliphatic heterocycles. The smallest absolute Gasteiger partial charge is 0.251 e. The summed E-state index contributed by atoms with van der Waals surface area (Å²) in [5, 5.41) is 6.45. The summed E-state index contributed by atoms with van der Waals surface area (Å²) < 4.78 is 0. The third-order valence-electron chi connectivity index (χ3n) is 4.98. The summed E-state index contributed by atoms with van der Waals surface area (Å²) in [7, 11) is 4.06. The average Bonchev–Trinajstić information content (AvgIpc) is 2.70. The van der Waals surface area contributed by atoms with Crippen LogP contribution in [0.2, 0.25) is 0 Å². The molecule has 0 unspecified atom stereocenters. The van der Waals surface area contributed by atoms with E-state index in [1.165, 1.54) is 0 Å². The Morgan fingerprint density at radius 2 is 1.68 bits per heavy atom. The number of anilines is 3. The molecule has 0 fully saturated rings. The molecule has 0 spiro atoms. The first-order valence-corrected chi connectivity index (χ1v) is 10.1. The van der Waals surface area contributed by atoms with Gasteiger partial charge >= 0.3 is 0 Å². The number of carbonyl (C=O) groups excluding carboxylic acids is 1. The monoisotopic (exact) mass is 382 g/mol. The standard InChI is InChI=1S/C23H34N4O/c1-6-27(7-2)16-8-15-24-23(28)19-9-14-22(18(3)17-19)25-20-10-12-21(13-11-20)26(4)5/h9-14,17,25H,6-8,15-16H2,1-5H3,(H,24,28). The van der Waals surface area contributed by atoms with Crippen LogP contribution in [0.5, 0.6) is 0 Å². The molecule has 0 aliphatic rings. The highest BCUT2D eigenvalue weighted by atomic mass is 16.1. The summed E-state index contributed by atoms with van der Waals surface area (Å²) in [6.07, 6.45) is 0.967.